The van der Waals surface area contributed by atoms with Crippen LogP contribution in [0.3, 0.4) is 0 Å². The summed E-state index contributed by atoms with van der Waals surface area (Å²) in [7, 11) is 0. The van der Waals surface area contributed by atoms with E-state index in [1.165, 1.54) is 14.4 Å². The van der Waals surface area contributed by atoms with E-state index < -0.39 is 6.03 Å². The van der Waals surface area contributed by atoms with Crippen molar-refractivity contribution < 1.29 is 4.79 Å². The SMILES string of the molecule is NC(=O)n1ncc2c1CC(c1cccs1)(c1cccs1)C=C2. The number of aromatic nitrogens is 2. The molecule has 0 saturated carbocycles. The maximum absolute atomic E-state index is 11.6. The molecule has 0 atom stereocenters. The summed E-state index contributed by atoms with van der Waals surface area (Å²) >= 11 is 3.46. The zero-order chi connectivity index (χ0) is 15.2. The van der Waals surface area contributed by atoms with Crippen LogP contribution in [-0.2, 0) is 11.8 Å². The first-order chi connectivity index (χ1) is 10.7. The molecule has 1 amide bonds. The van der Waals surface area contributed by atoms with Gasteiger partial charge < -0.3 is 5.73 Å². The molecule has 1 aliphatic rings. The van der Waals surface area contributed by atoms with Gasteiger partial charge >= 0.3 is 6.03 Å². The second-order valence-electron chi connectivity index (χ2n) is 5.23. The molecule has 0 aromatic carbocycles. The Labute approximate surface area is 135 Å². The van der Waals surface area contributed by atoms with Gasteiger partial charge in [0.2, 0.25) is 0 Å². The molecule has 22 heavy (non-hydrogen) atoms. The topological polar surface area (TPSA) is 60.9 Å². The fraction of sp³-hybridized carbons (Fsp3) is 0.125. The van der Waals surface area contributed by atoms with Crippen molar-refractivity contribution in [2.75, 3.05) is 0 Å². The second kappa shape index (κ2) is 4.93. The Kier molecular flexibility index (Phi) is 3.02. The van der Waals surface area contributed by atoms with Crippen LogP contribution in [0.2, 0.25) is 0 Å². The van der Waals surface area contributed by atoms with Crippen molar-refractivity contribution in [3.05, 3.63) is 68.3 Å². The largest absolute Gasteiger partial charge is 0.350 e. The second-order valence-corrected chi connectivity index (χ2v) is 7.13. The van der Waals surface area contributed by atoms with Gasteiger partial charge in [-0.2, -0.15) is 9.78 Å². The van der Waals surface area contributed by atoms with Crippen LogP contribution < -0.4 is 5.73 Å². The number of primary amides is 1. The molecule has 3 aromatic heterocycles. The Balaban J connectivity index is 1.92. The number of nitrogens with zero attached hydrogens (tertiary/aromatic N) is 2. The number of amides is 1. The molecule has 4 rings (SSSR count). The molecule has 6 heteroatoms. The minimum absolute atomic E-state index is 0.247. The molecule has 3 heterocycles. The normalized spacial score (nSPS) is 15.6. The molecular weight excluding hydrogens is 314 g/mol. The third-order valence-corrected chi connectivity index (χ3v) is 6.12. The van der Waals surface area contributed by atoms with Crippen LogP contribution in [0.5, 0.6) is 0 Å². The minimum atomic E-state index is -0.539. The van der Waals surface area contributed by atoms with Gasteiger partial charge in [0, 0.05) is 21.7 Å². The first kappa shape index (κ1) is 13.5. The van der Waals surface area contributed by atoms with Gasteiger partial charge in [0.1, 0.15) is 0 Å². The number of hydrogen-bond donors (Lipinski definition) is 1. The van der Waals surface area contributed by atoms with Crippen molar-refractivity contribution in [3.8, 4) is 0 Å². The number of carbonyl (C=O) groups is 1. The number of thiophene rings is 2. The fourth-order valence-electron chi connectivity index (χ4n) is 2.97. The smallest absolute Gasteiger partial charge is 0.339 e. The molecule has 1 aliphatic carbocycles. The lowest BCUT2D eigenvalue weighted by Gasteiger charge is -2.31. The summed E-state index contributed by atoms with van der Waals surface area (Å²) in [5, 5.41) is 8.29. The van der Waals surface area contributed by atoms with Crippen LogP contribution in [0.1, 0.15) is 21.0 Å². The summed E-state index contributed by atoms with van der Waals surface area (Å²) in [6.07, 6.45) is 6.65. The van der Waals surface area contributed by atoms with E-state index in [2.05, 4.69) is 46.2 Å². The molecule has 0 radical (unpaired) electrons. The Morgan fingerprint density at radius 2 is 1.91 bits per heavy atom. The van der Waals surface area contributed by atoms with Gasteiger partial charge in [0.15, 0.2) is 0 Å². The lowest BCUT2D eigenvalue weighted by atomic mass is 9.76. The highest BCUT2D eigenvalue weighted by atomic mass is 32.1. The zero-order valence-electron chi connectivity index (χ0n) is 11.6. The third-order valence-electron chi connectivity index (χ3n) is 4.03. The highest BCUT2D eigenvalue weighted by Crippen LogP contribution is 2.44. The van der Waals surface area contributed by atoms with E-state index in [0.717, 1.165) is 11.3 Å². The van der Waals surface area contributed by atoms with E-state index in [0.29, 0.717) is 6.42 Å². The predicted octanol–water partition coefficient (Wildman–Crippen LogP) is 3.49. The number of carbonyl (C=O) groups excluding carboxylic acids is 1. The first-order valence-corrected chi connectivity index (χ1v) is 8.60. The summed E-state index contributed by atoms with van der Waals surface area (Å²) in [5.74, 6) is 0. The summed E-state index contributed by atoms with van der Waals surface area (Å²) in [5.41, 5.74) is 7.04. The molecule has 0 saturated heterocycles. The van der Waals surface area contributed by atoms with Crippen molar-refractivity contribution in [1.82, 2.24) is 9.78 Å². The van der Waals surface area contributed by atoms with Crippen LogP contribution in [0.4, 0.5) is 4.79 Å². The molecular formula is C16H13N3OS2. The number of nitrogens with two attached hydrogens (primary N) is 1. The van der Waals surface area contributed by atoms with Crippen LogP contribution in [0.15, 0.2) is 47.3 Å². The number of rotatable bonds is 2. The quantitative estimate of drug-likeness (QED) is 0.783. The molecule has 110 valence electrons. The van der Waals surface area contributed by atoms with Crippen molar-refractivity contribution in [2.45, 2.75) is 11.8 Å². The Hall–Kier alpha value is -2.18. The van der Waals surface area contributed by atoms with Crippen molar-refractivity contribution in [1.29, 1.82) is 0 Å². The molecule has 0 unspecified atom stereocenters. The maximum atomic E-state index is 11.6. The van der Waals surface area contributed by atoms with Gasteiger partial charge in [-0.15, -0.1) is 22.7 Å². The Morgan fingerprint density at radius 3 is 2.45 bits per heavy atom. The molecule has 0 fully saturated rings. The number of hydrogen-bond acceptors (Lipinski definition) is 4. The average Bonchev–Trinajstić information content (AvgIpc) is 3.26. The number of allylic oxidation sites excluding steroid dienone is 1. The van der Waals surface area contributed by atoms with Crippen LogP contribution >= 0.6 is 22.7 Å². The number of fused-ring (bicyclic) bond motifs is 1. The average molecular weight is 327 g/mol. The summed E-state index contributed by atoms with van der Waals surface area (Å²) < 4.78 is 1.31. The van der Waals surface area contributed by atoms with Crippen molar-refractivity contribution in [3.63, 3.8) is 0 Å². The lowest BCUT2D eigenvalue weighted by Crippen LogP contribution is -2.32. The third kappa shape index (κ3) is 1.88. The van der Waals surface area contributed by atoms with Gasteiger partial charge in [0.25, 0.3) is 0 Å². The van der Waals surface area contributed by atoms with Crippen LogP contribution in [0.25, 0.3) is 6.08 Å². The highest BCUT2D eigenvalue weighted by molar-refractivity contribution is 7.11. The fourth-order valence-corrected chi connectivity index (χ4v) is 4.88. The van der Waals surface area contributed by atoms with Crippen molar-refractivity contribution >= 4 is 34.8 Å². The minimum Gasteiger partial charge on any atom is -0.350 e. The van der Waals surface area contributed by atoms with E-state index in [1.807, 2.05) is 6.08 Å². The predicted molar refractivity (Wildman–Crippen MR) is 89.4 cm³/mol. The van der Waals surface area contributed by atoms with E-state index in [4.69, 9.17) is 5.73 Å². The van der Waals surface area contributed by atoms with E-state index in [1.54, 1.807) is 28.9 Å². The lowest BCUT2D eigenvalue weighted by molar-refractivity contribution is 0.246. The van der Waals surface area contributed by atoms with E-state index >= 15 is 0 Å². The van der Waals surface area contributed by atoms with Gasteiger partial charge in [-0.25, -0.2) is 4.79 Å². The zero-order valence-corrected chi connectivity index (χ0v) is 13.2. The van der Waals surface area contributed by atoms with Crippen molar-refractivity contribution in [2.24, 2.45) is 5.73 Å². The molecule has 0 spiro atoms. The molecule has 3 aromatic rings. The molecule has 0 bridgehead atoms. The van der Waals surface area contributed by atoms with E-state index in [-0.39, 0.29) is 5.41 Å². The summed E-state index contributed by atoms with van der Waals surface area (Å²) in [6, 6.07) is 7.87. The van der Waals surface area contributed by atoms with Gasteiger partial charge in [-0.3, -0.25) is 0 Å². The maximum Gasteiger partial charge on any atom is 0.339 e. The molecule has 0 aliphatic heterocycles. The van der Waals surface area contributed by atoms with Gasteiger partial charge in [-0.1, -0.05) is 24.3 Å². The standard InChI is InChI=1S/C16H13N3OS2/c17-15(20)19-12-9-16(13-3-1-7-21-13,14-4-2-8-22-14)6-5-11(12)10-18-19/h1-8,10H,9H2,(H2,17,20). The molecule has 2 N–H and O–H groups in total. The van der Waals surface area contributed by atoms with E-state index in [9.17, 15) is 4.79 Å². The van der Waals surface area contributed by atoms with Gasteiger partial charge in [-0.05, 0) is 22.9 Å². The Morgan fingerprint density at radius 1 is 1.23 bits per heavy atom. The summed E-state index contributed by atoms with van der Waals surface area (Å²) in [6.45, 7) is 0. The monoisotopic (exact) mass is 327 g/mol. The first-order valence-electron chi connectivity index (χ1n) is 6.85. The van der Waals surface area contributed by atoms with Crippen LogP contribution in [-0.4, -0.2) is 15.8 Å². The van der Waals surface area contributed by atoms with Gasteiger partial charge in [0.05, 0.1) is 17.3 Å². The van der Waals surface area contributed by atoms with Crippen LogP contribution in [0, 0.1) is 0 Å². The highest BCUT2D eigenvalue weighted by Gasteiger charge is 2.38. The molecule has 4 nitrogen and oxygen atoms in total. The Bertz CT molecular complexity index is 810. The summed E-state index contributed by atoms with van der Waals surface area (Å²) in [4.78, 5) is 14.1.